The number of benzene rings is 2. The molecule has 0 bridgehead atoms. The molecule has 266 valence electrons. The number of aromatic nitrogens is 3. The van der Waals surface area contributed by atoms with Gasteiger partial charge in [-0.3, -0.25) is 9.59 Å². The van der Waals surface area contributed by atoms with E-state index in [1.165, 1.54) is 11.1 Å². The Morgan fingerprint density at radius 1 is 0.771 bits per heavy atom. The van der Waals surface area contributed by atoms with Gasteiger partial charge in [0.25, 0.3) is 0 Å². The molecule has 0 fully saturated rings. The topological polar surface area (TPSA) is 108 Å². The van der Waals surface area contributed by atoms with Gasteiger partial charge in [0.15, 0.2) is 6.29 Å². The molecule has 10 nitrogen and oxygen atoms in total. The molecular weight excluding hydrogens is 606 g/mol. The highest BCUT2D eigenvalue weighted by Crippen LogP contribution is 2.20. The number of amides is 2. The lowest BCUT2D eigenvalue weighted by Gasteiger charge is -2.26. The van der Waals surface area contributed by atoms with Gasteiger partial charge in [0.1, 0.15) is 23.8 Å². The molecule has 3 rings (SSSR count). The fourth-order valence-corrected chi connectivity index (χ4v) is 4.61. The molecule has 0 spiro atoms. The maximum atomic E-state index is 12.4. The van der Waals surface area contributed by atoms with Crippen LogP contribution in [0, 0.1) is 0 Å². The van der Waals surface area contributed by atoms with Gasteiger partial charge in [0, 0.05) is 31.0 Å². The minimum atomic E-state index is -0.309. The van der Waals surface area contributed by atoms with Crippen LogP contribution in [0.4, 0.5) is 0 Å². The first kappa shape index (κ1) is 40.3. The van der Waals surface area contributed by atoms with Gasteiger partial charge in [0.2, 0.25) is 11.8 Å². The van der Waals surface area contributed by atoms with E-state index < -0.39 is 0 Å². The third-order valence-corrected chi connectivity index (χ3v) is 7.48. The summed E-state index contributed by atoms with van der Waals surface area (Å²) in [4.78, 5) is 25.8. The number of nitrogens with zero attached hydrogens (tertiary/aromatic N) is 4. The van der Waals surface area contributed by atoms with E-state index in [-0.39, 0.29) is 49.1 Å². The highest BCUT2D eigenvalue weighted by Gasteiger charge is 2.20. The predicted octanol–water partition coefficient (Wildman–Crippen LogP) is 7.65. The molecule has 1 unspecified atom stereocenters. The number of carbonyl (C=O) groups excluding carboxylic acids is 2. The first-order chi connectivity index (χ1) is 22.7. The Morgan fingerprint density at radius 3 is 1.81 bits per heavy atom. The van der Waals surface area contributed by atoms with Crippen molar-refractivity contribution in [3.8, 4) is 11.5 Å². The summed E-state index contributed by atoms with van der Waals surface area (Å²) in [6.45, 7) is 23.8. The van der Waals surface area contributed by atoms with E-state index >= 15 is 0 Å². The number of hydrogen-bond acceptors (Lipinski definition) is 7. The van der Waals surface area contributed by atoms with Crippen LogP contribution in [0.2, 0.25) is 0 Å². The molecule has 2 aromatic carbocycles. The van der Waals surface area contributed by atoms with Crippen LogP contribution in [0.15, 0.2) is 54.7 Å². The van der Waals surface area contributed by atoms with Crippen LogP contribution in [-0.4, -0.2) is 63.3 Å². The van der Waals surface area contributed by atoms with Crippen LogP contribution in [0.3, 0.4) is 0 Å². The van der Waals surface area contributed by atoms with E-state index in [9.17, 15) is 9.59 Å². The molecule has 0 saturated heterocycles. The largest absolute Gasteiger partial charge is 0.491 e. The second kappa shape index (κ2) is 20.4. The van der Waals surface area contributed by atoms with Crippen molar-refractivity contribution in [3.05, 3.63) is 71.5 Å². The zero-order chi connectivity index (χ0) is 35.8. The maximum absolute atomic E-state index is 12.4. The third-order valence-electron chi connectivity index (χ3n) is 7.48. The fourth-order valence-electron chi connectivity index (χ4n) is 4.61. The molecular formula is C38H59N5O5. The van der Waals surface area contributed by atoms with E-state index in [0.29, 0.717) is 31.6 Å². The lowest BCUT2D eigenvalue weighted by atomic mass is 10.0. The smallest absolute Gasteiger partial charge is 0.223 e. The molecule has 1 N–H and O–H groups in total. The first-order valence-corrected chi connectivity index (χ1v) is 17.3. The quantitative estimate of drug-likeness (QED) is 0.117. The van der Waals surface area contributed by atoms with Crippen molar-refractivity contribution in [2.45, 2.75) is 132 Å². The van der Waals surface area contributed by atoms with E-state index in [0.717, 1.165) is 17.2 Å². The summed E-state index contributed by atoms with van der Waals surface area (Å²) in [6, 6.07) is 16.7. The molecule has 0 saturated carbocycles. The molecule has 48 heavy (non-hydrogen) atoms. The summed E-state index contributed by atoms with van der Waals surface area (Å²) in [5.74, 6) is 2.60. The number of nitrogens with one attached hydrogen (secondary N) is 1. The molecule has 1 atom stereocenters. The number of rotatable bonds is 17. The highest BCUT2D eigenvalue weighted by atomic mass is 16.7. The van der Waals surface area contributed by atoms with Gasteiger partial charge in [-0.2, -0.15) is 0 Å². The van der Waals surface area contributed by atoms with Crippen LogP contribution in [0.5, 0.6) is 11.5 Å². The first-order valence-electron chi connectivity index (χ1n) is 17.3. The average molecular weight is 666 g/mol. The zero-order valence-electron chi connectivity index (χ0n) is 31.0. The lowest BCUT2D eigenvalue weighted by Crippen LogP contribution is -2.37. The Labute approximate surface area is 288 Å². The second-order valence-electron chi connectivity index (χ2n) is 13.5. The highest BCUT2D eigenvalue weighted by molar-refractivity contribution is 5.84. The molecule has 1 heterocycles. The average Bonchev–Trinajstić information content (AvgIpc) is 3.50. The van der Waals surface area contributed by atoms with Crippen molar-refractivity contribution in [1.82, 2.24) is 25.2 Å². The van der Waals surface area contributed by atoms with E-state index in [1.807, 2.05) is 78.9 Å². The van der Waals surface area contributed by atoms with Gasteiger partial charge in [0.05, 0.1) is 19.3 Å². The fraction of sp³-hybridized carbons (Fsp3) is 0.579. The third kappa shape index (κ3) is 14.9. The van der Waals surface area contributed by atoms with Crippen LogP contribution in [0.25, 0.3) is 0 Å². The van der Waals surface area contributed by atoms with Crippen molar-refractivity contribution < 1.29 is 23.8 Å². The number of ether oxygens (including phenoxy) is 3. The summed E-state index contributed by atoms with van der Waals surface area (Å²) >= 11 is 0. The van der Waals surface area contributed by atoms with Gasteiger partial charge in [-0.15, -0.1) is 5.10 Å². The molecule has 1 aromatic heterocycles. The normalized spacial score (nSPS) is 11.9. The van der Waals surface area contributed by atoms with Gasteiger partial charge >= 0.3 is 0 Å². The van der Waals surface area contributed by atoms with E-state index in [2.05, 4.69) is 67.6 Å². The van der Waals surface area contributed by atoms with Gasteiger partial charge in [-0.1, -0.05) is 57.2 Å². The minimum Gasteiger partial charge on any atom is -0.491 e. The summed E-state index contributed by atoms with van der Waals surface area (Å²) in [5.41, 5.74) is 3.37. The Bertz CT molecular complexity index is 1350. The SMILES string of the molecule is CC(C)NC(=O)CCC(=O)N(Cc1cn(C(C)C)nn1)C(C)C.CC(OCCOc1ccc(C(C)C)cc1)Oc1ccc(C(C)C)cc1. The molecule has 2 amide bonds. The number of carbonyl (C=O) groups is 2. The van der Waals surface area contributed by atoms with E-state index in [4.69, 9.17) is 14.2 Å². The Balaban J connectivity index is 0.000000335. The van der Waals surface area contributed by atoms with Crippen LogP contribution in [-0.2, 0) is 20.9 Å². The Hall–Kier alpha value is -3.92. The van der Waals surface area contributed by atoms with Gasteiger partial charge in [-0.25, -0.2) is 4.68 Å². The summed E-state index contributed by atoms with van der Waals surface area (Å²) in [6.07, 6.45) is 1.96. The zero-order valence-corrected chi connectivity index (χ0v) is 31.0. The minimum absolute atomic E-state index is 0.0415. The van der Waals surface area contributed by atoms with Crippen molar-refractivity contribution >= 4 is 11.8 Å². The van der Waals surface area contributed by atoms with Crippen molar-refractivity contribution in [2.24, 2.45) is 0 Å². The van der Waals surface area contributed by atoms with Crippen molar-refractivity contribution in [1.29, 1.82) is 0 Å². The molecule has 3 aromatic rings. The van der Waals surface area contributed by atoms with Gasteiger partial charge in [-0.05, 0) is 95.7 Å². The lowest BCUT2D eigenvalue weighted by molar-refractivity contribution is -0.135. The summed E-state index contributed by atoms with van der Waals surface area (Å²) in [7, 11) is 0. The van der Waals surface area contributed by atoms with E-state index in [1.54, 1.807) is 9.58 Å². The van der Waals surface area contributed by atoms with Crippen LogP contribution in [0.1, 0.15) is 124 Å². The predicted molar refractivity (Wildman–Crippen MR) is 191 cm³/mol. The Kier molecular flexibility index (Phi) is 17.1. The maximum Gasteiger partial charge on any atom is 0.223 e. The molecule has 0 radical (unpaired) electrons. The van der Waals surface area contributed by atoms with Crippen molar-refractivity contribution in [2.75, 3.05) is 13.2 Å². The van der Waals surface area contributed by atoms with Crippen LogP contribution >= 0.6 is 0 Å². The summed E-state index contributed by atoms with van der Waals surface area (Å²) in [5, 5.41) is 11.0. The molecule has 0 aliphatic heterocycles. The van der Waals surface area contributed by atoms with Gasteiger partial charge < -0.3 is 24.4 Å². The van der Waals surface area contributed by atoms with Crippen molar-refractivity contribution in [3.63, 3.8) is 0 Å². The molecule has 10 heteroatoms. The number of hydrogen-bond donors (Lipinski definition) is 1. The summed E-state index contributed by atoms with van der Waals surface area (Å²) < 4.78 is 18.9. The second-order valence-corrected chi connectivity index (χ2v) is 13.5. The Morgan fingerprint density at radius 2 is 1.33 bits per heavy atom. The monoisotopic (exact) mass is 665 g/mol. The van der Waals surface area contributed by atoms with Crippen LogP contribution < -0.4 is 14.8 Å². The molecule has 0 aliphatic rings. The molecule has 0 aliphatic carbocycles. The standard InChI is InChI=1S/C22H30O3.C16H29N5O2/c1-16(2)19-6-10-21(11-7-19)24-15-14-23-18(5)25-22-12-8-20(9-13-22)17(3)4;1-11(2)17-15(22)7-8-16(23)20(12(3)4)9-14-10-21(13(5)6)19-18-14/h6-13,16-18H,14-15H2,1-5H3;10-13H,7-9H2,1-6H3,(H,17,22).